The van der Waals surface area contributed by atoms with Crippen LogP contribution in [-0.2, 0) is 9.59 Å². The Labute approximate surface area is 157 Å². The number of methoxy groups -OCH3 is 1. The predicted octanol–water partition coefficient (Wildman–Crippen LogP) is 2.00. The number of H-pyrrole nitrogens is 1. The first kappa shape index (κ1) is 20.4. The second-order valence-corrected chi connectivity index (χ2v) is 6.09. The highest BCUT2D eigenvalue weighted by Crippen LogP contribution is 2.22. The summed E-state index contributed by atoms with van der Waals surface area (Å²) in [4.78, 5) is 26.9. The number of aromatic nitrogens is 3. The highest BCUT2D eigenvalue weighted by atomic mass is 16.5. The van der Waals surface area contributed by atoms with Crippen LogP contribution in [0.4, 0.5) is 5.82 Å². The van der Waals surface area contributed by atoms with E-state index in [2.05, 4.69) is 25.4 Å². The molecule has 0 bridgehead atoms. The Hall–Kier alpha value is -2.94. The molecule has 0 unspecified atom stereocenters. The van der Waals surface area contributed by atoms with E-state index in [-0.39, 0.29) is 12.4 Å². The number of hydrogen-bond donors (Lipinski definition) is 3. The molecule has 0 spiro atoms. The van der Waals surface area contributed by atoms with E-state index < -0.39 is 0 Å². The van der Waals surface area contributed by atoms with Gasteiger partial charge in [-0.1, -0.05) is 0 Å². The number of aromatic amines is 1. The van der Waals surface area contributed by atoms with E-state index in [1.165, 1.54) is 25.9 Å². The molecule has 2 aromatic heterocycles. The number of ether oxygens (including phenoxy) is 1. The van der Waals surface area contributed by atoms with Crippen LogP contribution in [0, 0.1) is 0 Å². The van der Waals surface area contributed by atoms with E-state index in [0.29, 0.717) is 23.7 Å². The topological polar surface area (TPSA) is 120 Å². The first-order valence-electron chi connectivity index (χ1n) is 8.81. The van der Waals surface area contributed by atoms with Crippen molar-refractivity contribution in [3.63, 3.8) is 0 Å². The normalized spacial score (nSPS) is 13.5. The maximum absolute atomic E-state index is 12.0. The number of likely N-dealkylation sites (tertiary alicyclic amines) is 1. The quantitative estimate of drug-likeness (QED) is 0.633. The Morgan fingerprint density at radius 1 is 1.37 bits per heavy atom. The minimum Gasteiger partial charge on any atom is -0.495 e. The van der Waals surface area contributed by atoms with Crippen molar-refractivity contribution in [1.82, 2.24) is 20.1 Å². The van der Waals surface area contributed by atoms with Crippen molar-refractivity contribution in [2.45, 2.75) is 25.7 Å². The molecule has 3 N–H and O–H groups in total. The van der Waals surface area contributed by atoms with E-state index in [1.54, 1.807) is 25.6 Å². The van der Waals surface area contributed by atoms with Crippen LogP contribution in [0.15, 0.2) is 24.5 Å². The van der Waals surface area contributed by atoms with Crippen LogP contribution < -0.4 is 10.1 Å². The van der Waals surface area contributed by atoms with Gasteiger partial charge in [0.05, 0.1) is 19.0 Å². The average molecular weight is 375 g/mol. The molecule has 2 aromatic rings. The van der Waals surface area contributed by atoms with Crippen molar-refractivity contribution in [3.05, 3.63) is 24.5 Å². The highest BCUT2D eigenvalue weighted by Gasteiger charge is 2.12. The fraction of sp³-hybridized carbons (Fsp3) is 0.444. The maximum atomic E-state index is 12.0. The van der Waals surface area contributed by atoms with Gasteiger partial charge in [-0.3, -0.25) is 19.7 Å². The second-order valence-electron chi connectivity index (χ2n) is 6.09. The summed E-state index contributed by atoms with van der Waals surface area (Å²) in [6, 6.07) is 3.65. The third-order valence-electron chi connectivity index (χ3n) is 4.17. The number of anilines is 1. The number of amides is 1. The summed E-state index contributed by atoms with van der Waals surface area (Å²) >= 11 is 0. The van der Waals surface area contributed by atoms with E-state index in [0.717, 1.165) is 18.5 Å². The SMILES string of the molecule is COc1cncc(-c2cc(NC(=O)CCCN3CCCC3)[nH]n2)c1.O=CO. The standard InChI is InChI=1S/C17H23N5O2.CH2O2/c1-24-14-9-13(11-18-12-14)15-10-16(21-20-15)19-17(23)5-4-8-22-6-2-3-7-22;2-1-3/h9-12H,2-8H2,1H3,(H2,19,20,21,23);1H,(H,2,3). The zero-order valence-corrected chi connectivity index (χ0v) is 15.4. The molecule has 9 nitrogen and oxygen atoms in total. The monoisotopic (exact) mass is 375 g/mol. The summed E-state index contributed by atoms with van der Waals surface area (Å²) < 4.78 is 5.16. The van der Waals surface area contributed by atoms with Gasteiger partial charge < -0.3 is 20.1 Å². The largest absolute Gasteiger partial charge is 0.495 e. The average Bonchev–Trinajstić information content (AvgIpc) is 3.34. The van der Waals surface area contributed by atoms with E-state index in [9.17, 15) is 4.79 Å². The van der Waals surface area contributed by atoms with Gasteiger partial charge >= 0.3 is 0 Å². The Morgan fingerprint density at radius 3 is 2.81 bits per heavy atom. The van der Waals surface area contributed by atoms with Crippen LogP contribution in [0.5, 0.6) is 5.75 Å². The van der Waals surface area contributed by atoms with Gasteiger partial charge in [0.15, 0.2) is 0 Å². The van der Waals surface area contributed by atoms with E-state index in [1.807, 2.05) is 6.07 Å². The van der Waals surface area contributed by atoms with Gasteiger partial charge in [0.25, 0.3) is 6.47 Å². The molecule has 27 heavy (non-hydrogen) atoms. The molecule has 0 radical (unpaired) electrons. The summed E-state index contributed by atoms with van der Waals surface area (Å²) in [7, 11) is 1.60. The number of carbonyl (C=O) groups is 2. The Bertz CT molecular complexity index is 728. The summed E-state index contributed by atoms with van der Waals surface area (Å²) in [6.07, 6.45) is 7.31. The molecular weight excluding hydrogens is 350 g/mol. The molecule has 0 saturated carbocycles. The smallest absolute Gasteiger partial charge is 0.290 e. The molecule has 0 atom stereocenters. The molecule has 1 aliphatic heterocycles. The van der Waals surface area contributed by atoms with Gasteiger partial charge in [0.2, 0.25) is 5.91 Å². The summed E-state index contributed by atoms with van der Waals surface area (Å²) in [6.45, 7) is 3.08. The minimum atomic E-state index is -0.250. The minimum absolute atomic E-state index is 0.00756. The number of pyridine rings is 1. The van der Waals surface area contributed by atoms with Crippen molar-refractivity contribution in [3.8, 4) is 17.0 Å². The number of hydrogen-bond acceptors (Lipinski definition) is 6. The third kappa shape index (κ3) is 6.70. The van der Waals surface area contributed by atoms with Crippen molar-refractivity contribution in [2.24, 2.45) is 0 Å². The van der Waals surface area contributed by atoms with E-state index in [4.69, 9.17) is 14.6 Å². The first-order valence-corrected chi connectivity index (χ1v) is 8.81. The van der Waals surface area contributed by atoms with Gasteiger partial charge in [-0.25, -0.2) is 0 Å². The zero-order chi connectivity index (χ0) is 19.5. The molecule has 0 aliphatic carbocycles. The molecule has 0 aromatic carbocycles. The third-order valence-corrected chi connectivity index (χ3v) is 4.17. The van der Waals surface area contributed by atoms with Crippen molar-refractivity contribution >= 4 is 18.2 Å². The summed E-state index contributed by atoms with van der Waals surface area (Å²) in [5, 5.41) is 16.8. The zero-order valence-electron chi connectivity index (χ0n) is 15.4. The van der Waals surface area contributed by atoms with Crippen LogP contribution in [0.3, 0.4) is 0 Å². The Kier molecular flexibility index (Phi) is 8.24. The fourth-order valence-corrected chi connectivity index (χ4v) is 2.89. The van der Waals surface area contributed by atoms with Crippen LogP contribution in [0.25, 0.3) is 11.3 Å². The number of nitrogens with zero attached hydrogens (tertiary/aromatic N) is 3. The molecule has 3 heterocycles. The molecule has 9 heteroatoms. The van der Waals surface area contributed by atoms with Gasteiger partial charge in [0, 0.05) is 24.2 Å². The summed E-state index contributed by atoms with van der Waals surface area (Å²) in [5.74, 6) is 1.27. The van der Waals surface area contributed by atoms with Gasteiger partial charge in [-0.2, -0.15) is 5.10 Å². The number of carbonyl (C=O) groups excluding carboxylic acids is 1. The lowest BCUT2D eigenvalue weighted by Gasteiger charge is -2.13. The van der Waals surface area contributed by atoms with Gasteiger partial charge in [0.1, 0.15) is 11.6 Å². The first-order chi connectivity index (χ1) is 13.2. The number of carboxylic acid groups (broad SMARTS) is 1. The lowest BCUT2D eigenvalue weighted by Crippen LogP contribution is -2.22. The molecular formula is C18H25N5O4. The van der Waals surface area contributed by atoms with Crippen LogP contribution in [0.2, 0.25) is 0 Å². The van der Waals surface area contributed by atoms with Crippen molar-refractivity contribution in [2.75, 3.05) is 32.1 Å². The molecule has 1 fully saturated rings. The lowest BCUT2D eigenvalue weighted by atomic mass is 10.2. The second kappa shape index (κ2) is 10.9. The van der Waals surface area contributed by atoms with Crippen LogP contribution >= 0.6 is 0 Å². The molecule has 1 amide bonds. The fourth-order valence-electron chi connectivity index (χ4n) is 2.89. The van der Waals surface area contributed by atoms with Crippen LogP contribution in [0.1, 0.15) is 25.7 Å². The predicted molar refractivity (Wildman–Crippen MR) is 101 cm³/mol. The summed E-state index contributed by atoms with van der Waals surface area (Å²) in [5.41, 5.74) is 1.55. The maximum Gasteiger partial charge on any atom is 0.290 e. The van der Waals surface area contributed by atoms with Gasteiger partial charge in [-0.05, 0) is 45.0 Å². The van der Waals surface area contributed by atoms with Crippen molar-refractivity contribution < 1.29 is 19.4 Å². The number of nitrogens with one attached hydrogen (secondary N) is 2. The highest BCUT2D eigenvalue weighted by molar-refractivity contribution is 5.90. The van der Waals surface area contributed by atoms with Gasteiger partial charge in [-0.15, -0.1) is 0 Å². The van der Waals surface area contributed by atoms with Crippen molar-refractivity contribution in [1.29, 1.82) is 0 Å². The molecule has 1 aliphatic rings. The van der Waals surface area contributed by atoms with Crippen LogP contribution in [-0.4, -0.2) is 64.3 Å². The van der Waals surface area contributed by atoms with E-state index >= 15 is 0 Å². The lowest BCUT2D eigenvalue weighted by molar-refractivity contribution is -0.123. The molecule has 146 valence electrons. The Morgan fingerprint density at radius 2 is 2.11 bits per heavy atom. The molecule has 3 rings (SSSR count). The molecule has 1 saturated heterocycles. The Balaban J connectivity index is 0.000000817. The number of rotatable bonds is 7.